The molecule has 146 valence electrons. The second kappa shape index (κ2) is 11.0. The second-order valence-corrected chi connectivity index (χ2v) is 6.58. The van der Waals surface area contributed by atoms with Gasteiger partial charge in [0.05, 0.1) is 13.2 Å². The Balaban J connectivity index is 1.80. The SMILES string of the molecule is CCCOc1ccc(NC(=O)O[C@H](COC)CN2CCN(C)CC2)cc1. The molecule has 1 aliphatic rings. The Hall–Kier alpha value is -1.83. The fraction of sp³-hybridized carbons (Fsp3) is 0.632. The molecule has 26 heavy (non-hydrogen) atoms. The summed E-state index contributed by atoms with van der Waals surface area (Å²) in [5.74, 6) is 0.790. The molecule has 1 fully saturated rings. The molecule has 0 radical (unpaired) electrons. The molecule has 2 rings (SSSR count). The summed E-state index contributed by atoms with van der Waals surface area (Å²) in [6.45, 7) is 7.80. The highest BCUT2D eigenvalue weighted by molar-refractivity contribution is 5.84. The van der Waals surface area contributed by atoms with Crippen LogP contribution in [0.15, 0.2) is 24.3 Å². The number of nitrogens with zero attached hydrogens (tertiary/aromatic N) is 2. The number of ether oxygens (including phenoxy) is 3. The zero-order valence-electron chi connectivity index (χ0n) is 16.1. The summed E-state index contributed by atoms with van der Waals surface area (Å²) in [6.07, 6.45) is 0.194. The molecule has 1 amide bonds. The number of anilines is 1. The lowest BCUT2D eigenvalue weighted by atomic mass is 10.2. The largest absolute Gasteiger partial charge is 0.494 e. The Morgan fingerprint density at radius 3 is 2.50 bits per heavy atom. The third-order valence-corrected chi connectivity index (χ3v) is 4.26. The Morgan fingerprint density at radius 1 is 1.19 bits per heavy atom. The third kappa shape index (κ3) is 7.19. The van der Waals surface area contributed by atoms with Crippen LogP contribution in [-0.4, -0.2) is 82.1 Å². The summed E-state index contributed by atoms with van der Waals surface area (Å²) in [6, 6.07) is 7.28. The zero-order valence-corrected chi connectivity index (χ0v) is 16.1. The molecule has 1 N–H and O–H groups in total. The maximum Gasteiger partial charge on any atom is 0.412 e. The maximum absolute atomic E-state index is 12.2. The van der Waals surface area contributed by atoms with Gasteiger partial charge in [0, 0.05) is 45.5 Å². The lowest BCUT2D eigenvalue weighted by Crippen LogP contribution is -2.48. The van der Waals surface area contributed by atoms with Crippen molar-refractivity contribution in [3.63, 3.8) is 0 Å². The number of benzene rings is 1. The van der Waals surface area contributed by atoms with Gasteiger partial charge in [-0.1, -0.05) is 6.92 Å². The molecule has 0 unspecified atom stereocenters. The van der Waals surface area contributed by atoms with E-state index in [0.717, 1.165) is 38.3 Å². The minimum absolute atomic E-state index is 0.296. The fourth-order valence-electron chi connectivity index (χ4n) is 2.78. The first-order valence-corrected chi connectivity index (χ1v) is 9.21. The number of hydrogen-bond acceptors (Lipinski definition) is 6. The van der Waals surface area contributed by atoms with Crippen LogP contribution in [0.25, 0.3) is 0 Å². The predicted molar refractivity (Wildman–Crippen MR) is 102 cm³/mol. The van der Waals surface area contributed by atoms with Crippen LogP contribution in [0, 0.1) is 0 Å². The highest BCUT2D eigenvalue weighted by Gasteiger charge is 2.21. The molecule has 7 nitrogen and oxygen atoms in total. The molecule has 1 aromatic rings. The van der Waals surface area contributed by atoms with Crippen molar-refractivity contribution in [3.8, 4) is 5.75 Å². The van der Waals surface area contributed by atoms with E-state index in [2.05, 4.69) is 29.1 Å². The van der Waals surface area contributed by atoms with Gasteiger partial charge in [-0.3, -0.25) is 10.2 Å². The molecule has 0 saturated carbocycles. The van der Waals surface area contributed by atoms with E-state index in [1.165, 1.54) is 0 Å². The lowest BCUT2D eigenvalue weighted by molar-refractivity contribution is 0.0157. The first kappa shape index (κ1) is 20.5. The van der Waals surface area contributed by atoms with Crippen LogP contribution in [0.3, 0.4) is 0 Å². The molecule has 1 saturated heterocycles. The average molecular weight is 365 g/mol. The van der Waals surface area contributed by atoms with Gasteiger partial charge < -0.3 is 19.1 Å². The van der Waals surface area contributed by atoms with Gasteiger partial charge in [0.25, 0.3) is 0 Å². The summed E-state index contributed by atoms with van der Waals surface area (Å²) in [5, 5.41) is 2.76. The van der Waals surface area contributed by atoms with Crippen LogP contribution < -0.4 is 10.1 Å². The maximum atomic E-state index is 12.2. The molecule has 0 aromatic heterocycles. The van der Waals surface area contributed by atoms with E-state index in [1.54, 1.807) is 19.2 Å². The predicted octanol–water partition coefficient (Wildman–Crippen LogP) is 2.29. The van der Waals surface area contributed by atoms with E-state index in [4.69, 9.17) is 14.2 Å². The topological polar surface area (TPSA) is 63.3 Å². The van der Waals surface area contributed by atoms with Crippen molar-refractivity contribution < 1.29 is 19.0 Å². The standard InChI is InChI=1S/C19H31N3O4/c1-4-13-25-17-7-5-16(6-8-17)20-19(23)26-18(15-24-3)14-22-11-9-21(2)10-12-22/h5-8,18H,4,9-15H2,1-3H3,(H,20,23)/t18-/m0/s1. The van der Waals surface area contributed by atoms with Gasteiger partial charge >= 0.3 is 6.09 Å². The summed E-state index contributed by atoms with van der Waals surface area (Å²) in [7, 11) is 3.74. The van der Waals surface area contributed by atoms with E-state index in [9.17, 15) is 4.79 Å². The minimum atomic E-state index is -0.469. The molecule has 7 heteroatoms. The zero-order chi connectivity index (χ0) is 18.8. The van der Waals surface area contributed by atoms with Crippen LogP contribution in [0.4, 0.5) is 10.5 Å². The molecule has 1 aliphatic heterocycles. The molecule has 1 heterocycles. The van der Waals surface area contributed by atoms with Gasteiger partial charge in [0.15, 0.2) is 0 Å². The molecule has 0 spiro atoms. The van der Waals surface area contributed by atoms with Gasteiger partial charge in [-0.05, 0) is 37.7 Å². The van der Waals surface area contributed by atoms with Gasteiger partial charge in [0.2, 0.25) is 0 Å². The van der Waals surface area contributed by atoms with Crippen molar-refractivity contribution >= 4 is 11.8 Å². The van der Waals surface area contributed by atoms with Crippen molar-refractivity contribution in [1.29, 1.82) is 0 Å². The Morgan fingerprint density at radius 2 is 1.88 bits per heavy atom. The van der Waals surface area contributed by atoms with Crippen molar-refractivity contribution in [1.82, 2.24) is 9.80 Å². The van der Waals surface area contributed by atoms with Gasteiger partial charge in [-0.25, -0.2) is 4.79 Å². The highest BCUT2D eigenvalue weighted by atomic mass is 16.6. The minimum Gasteiger partial charge on any atom is -0.494 e. The van der Waals surface area contributed by atoms with Gasteiger partial charge in [-0.15, -0.1) is 0 Å². The number of rotatable bonds is 9. The quantitative estimate of drug-likeness (QED) is 0.724. The number of nitrogens with one attached hydrogen (secondary N) is 1. The monoisotopic (exact) mass is 365 g/mol. The Bertz CT molecular complexity index is 530. The smallest absolute Gasteiger partial charge is 0.412 e. The van der Waals surface area contributed by atoms with Gasteiger partial charge in [0.1, 0.15) is 11.9 Å². The summed E-state index contributed by atoms with van der Waals surface area (Å²) in [4.78, 5) is 16.8. The summed E-state index contributed by atoms with van der Waals surface area (Å²) >= 11 is 0. The van der Waals surface area contributed by atoms with Gasteiger partial charge in [-0.2, -0.15) is 0 Å². The van der Waals surface area contributed by atoms with Crippen LogP contribution in [0.5, 0.6) is 5.75 Å². The summed E-state index contributed by atoms with van der Waals surface area (Å²) < 4.78 is 16.3. The van der Waals surface area contributed by atoms with Crippen molar-refractivity contribution in [2.75, 3.05) is 65.4 Å². The summed E-state index contributed by atoms with van der Waals surface area (Å²) in [5.41, 5.74) is 0.676. The molecular formula is C19H31N3O4. The van der Waals surface area contributed by atoms with Crippen molar-refractivity contribution in [2.45, 2.75) is 19.4 Å². The number of likely N-dealkylation sites (N-methyl/N-ethyl adjacent to an activating group) is 1. The number of carbonyl (C=O) groups is 1. The van der Waals surface area contributed by atoms with E-state index < -0.39 is 6.09 Å². The number of methoxy groups -OCH3 is 1. The first-order valence-electron chi connectivity index (χ1n) is 9.21. The lowest BCUT2D eigenvalue weighted by Gasteiger charge is -2.34. The van der Waals surface area contributed by atoms with Crippen molar-refractivity contribution in [2.24, 2.45) is 0 Å². The van der Waals surface area contributed by atoms with Crippen LogP contribution in [-0.2, 0) is 9.47 Å². The number of amides is 1. The van der Waals surface area contributed by atoms with Crippen LogP contribution >= 0.6 is 0 Å². The molecule has 1 aromatic carbocycles. The van der Waals surface area contributed by atoms with Crippen LogP contribution in [0.2, 0.25) is 0 Å². The van der Waals surface area contributed by atoms with E-state index in [-0.39, 0.29) is 6.10 Å². The normalized spacial score (nSPS) is 16.9. The molecular weight excluding hydrogens is 334 g/mol. The number of carbonyl (C=O) groups excluding carboxylic acids is 1. The highest BCUT2D eigenvalue weighted by Crippen LogP contribution is 2.16. The Kier molecular flexibility index (Phi) is 8.67. The average Bonchev–Trinajstić information content (AvgIpc) is 2.63. The fourth-order valence-corrected chi connectivity index (χ4v) is 2.78. The van der Waals surface area contributed by atoms with E-state index in [0.29, 0.717) is 25.4 Å². The third-order valence-electron chi connectivity index (χ3n) is 4.26. The van der Waals surface area contributed by atoms with Crippen molar-refractivity contribution in [3.05, 3.63) is 24.3 Å². The molecule has 0 aliphatic carbocycles. The Labute approximate surface area is 156 Å². The van der Waals surface area contributed by atoms with Crippen LogP contribution in [0.1, 0.15) is 13.3 Å². The number of hydrogen-bond donors (Lipinski definition) is 1. The first-order chi connectivity index (χ1) is 12.6. The molecule has 0 bridgehead atoms. The van der Waals surface area contributed by atoms with E-state index >= 15 is 0 Å². The molecule has 1 atom stereocenters. The number of piperazine rings is 1. The van der Waals surface area contributed by atoms with E-state index in [1.807, 2.05) is 12.1 Å². The second-order valence-electron chi connectivity index (χ2n) is 6.58.